The van der Waals surface area contributed by atoms with Crippen molar-refractivity contribution in [2.75, 3.05) is 6.61 Å². The van der Waals surface area contributed by atoms with Crippen LogP contribution in [0, 0.1) is 11.3 Å². The van der Waals surface area contributed by atoms with E-state index in [1.54, 1.807) is 0 Å². The zero-order chi connectivity index (χ0) is 9.10. The van der Waals surface area contributed by atoms with Gasteiger partial charge in [-0.3, -0.25) is 0 Å². The highest BCUT2D eigenvalue weighted by atomic mass is 16.5. The maximum atomic E-state index is 8.49. The van der Waals surface area contributed by atoms with Crippen LogP contribution in [-0.2, 0) is 12.8 Å². The second kappa shape index (κ2) is 3.49. The van der Waals surface area contributed by atoms with Crippen molar-refractivity contribution >= 4 is 0 Å². The van der Waals surface area contributed by atoms with Gasteiger partial charge in [0.05, 0.1) is 12.7 Å². The second-order valence-corrected chi connectivity index (χ2v) is 3.15. The van der Waals surface area contributed by atoms with Gasteiger partial charge < -0.3 is 4.74 Å². The smallest absolute Gasteiger partial charge is 0.122 e. The minimum atomic E-state index is 0.594. The minimum Gasteiger partial charge on any atom is -0.493 e. The number of ether oxygens (including phenoxy) is 1. The topological polar surface area (TPSA) is 33.0 Å². The fourth-order valence-corrected chi connectivity index (χ4v) is 1.72. The molecule has 66 valence electrons. The number of fused-ring (bicyclic) bond motifs is 1. The van der Waals surface area contributed by atoms with Crippen molar-refractivity contribution in [3.63, 3.8) is 0 Å². The van der Waals surface area contributed by atoms with Crippen LogP contribution in [-0.4, -0.2) is 6.61 Å². The molecule has 0 bridgehead atoms. The monoisotopic (exact) mass is 173 g/mol. The molecule has 0 N–H and O–H groups in total. The zero-order valence-corrected chi connectivity index (χ0v) is 7.42. The average molecular weight is 173 g/mol. The van der Waals surface area contributed by atoms with Crippen LogP contribution in [0.5, 0.6) is 5.75 Å². The lowest BCUT2D eigenvalue weighted by Gasteiger charge is -2.03. The predicted octanol–water partition coefficient (Wildman–Crippen LogP) is 2.08. The van der Waals surface area contributed by atoms with Crippen LogP contribution in [0.2, 0.25) is 0 Å². The van der Waals surface area contributed by atoms with Crippen molar-refractivity contribution in [2.45, 2.75) is 19.3 Å². The summed E-state index contributed by atoms with van der Waals surface area (Å²) in [4.78, 5) is 0. The Labute approximate surface area is 77.8 Å². The van der Waals surface area contributed by atoms with E-state index in [1.165, 1.54) is 11.1 Å². The molecule has 0 atom stereocenters. The Kier molecular flexibility index (Phi) is 2.18. The molecule has 0 aliphatic carbocycles. The first kappa shape index (κ1) is 8.12. The Hall–Kier alpha value is -1.49. The van der Waals surface area contributed by atoms with Gasteiger partial charge in [0.15, 0.2) is 0 Å². The van der Waals surface area contributed by atoms with Crippen molar-refractivity contribution in [2.24, 2.45) is 0 Å². The number of hydrogen-bond donors (Lipinski definition) is 0. The lowest BCUT2D eigenvalue weighted by molar-refractivity contribution is 0.357. The summed E-state index contributed by atoms with van der Waals surface area (Å²) < 4.78 is 5.44. The maximum absolute atomic E-state index is 8.49. The van der Waals surface area contributed by atoms with E-state index >= 15 is 0 Å². The van der Waals surface area contributed by atoms with Crippen molar-refractivity contribution in [3.8, 4) is 11.8 Å². The Morgan fingerprint density at radius 3 is 3.23 bits per heavy atom. The molecule has 1 aromatic rings. The summed E-state index contributed by atoms with van der Waals surface area (Å²) in [5.41, 5.74) is 2.58. The molecule has 0 unspecified atom stereocenters. The number of nitrogens with zero attached hydrogens (tertiary/aromatic N) is 1. The van der Waals surface area contributed by atoms with Crippen molar-refractivity contribution in [1.29, 1.82) is 5.26 Å². The summed E-state index contributed by atoms with van der Waals surface area (Å²) in [6, 6.07) is 8.25. The second-order valence-electron chi connectivity index (χ2n) is 3.15. The molecule has 1 heterocycles. The normalized spacial score (nSPS) is 13.2. The molecule has 0 radical (unpaired) electrons. The van der Waals surface area contributed by atoms with E-state index in [2.05, 4.69) is 12.1 Å². The van der Waals surface area contributed by atoms with Crippen LogP contribution in [0.15, 0.2) is 18.2 Å². The van der Waals surface area contributed by atoms with Gasteiger partial charge in [-0.05, 0) is 18.1 Å². The van der Waals surface area contributed by atoms with E-state index in [4.69, 9.17) is 10.00 Å². The third-order valence-electron chi connectivity index (χ3n) is 2.35. The number of nitriles is 1. The molecule has 1 aliphatic rings. The number of rotatable bonds is 2. The summed E-state index contributed by atoms with van der Waals surface area (Å²) in [5.74, 6) is 1.01. The van der Waals surface area contributed by atoms with Crippen molar-refractivity contribution < 1.29 is 4.74 Å². The van der Waals surface area contributed by atoms with Gasteiger partial charge in [-0.2, -0.15) is 5.26 Å². The van der Waals surface area contributed by atoms with Crippen molar-refractivity contribution in [3.05, 3.63) is 29.3 Å². The van der Waals surface area contributed by atoms with Gasteiger partial charge in [0.1, 0.15) is 5.75 Å². The fourth-order valence-electron chi connectivity index (χ4n) is 1.72. The first-order valence-electron chi connectivity index (χ1n) is 4.52. The van der Waals surface area contributed by atoms with E-state index in [0.717, 1.165) is 25.2 Å². The molecule has 2 nitrogen and oxygen atoms in total. The molecular formula is C11H11NO. The lowest BCUT2D eigenvalue weighted by Crippen LogP contribution is -1.90. The number of aryl methyl sites for hydroxylation is 1. The van der Waals surface area contributed by atoms with Crippen molar-refractivity contribution in [1.82, 2.24) is 0 Å². The molecule has 13 heavy (non-hydrogen) atoms. The van der Waals surface area contributed by atoms with Gasteiger partial charge in [0.25, 0.3) is 0 Å². The van der Waals surface area contributed by atoms with E-state index < -0.39 is 0 Å². The van der Waals surface area contributed by atoms with Crippen LogP contribution >= 0.6 is 0 Å². The number of benzene rings is 1. The highest BCUT2D eigenvalue weighted by Gasteiger charge is 2.14. The molecule has 0 spiro atoms. The molecule has 2 heteroatoms. The highest BCUT2D eigenvalue weighted by Crippen LogP contribution is 2.28. The van der Waals surface area contributed by atoms with Gasteiger partial charge in [0, 0.05) is 18.4 Å². The average Bonchev–Trinajstić information content (AvgIpc) is 2.62. The SMILES string of the molecule is N#CCCc1cccc2c1CCO2. The van der Waals surface area contributed by atoms with E-state index in [1.807, 2.05) is 12.1 Å². The molecule has 0 saturated carbocycles. The standard InChI is InChI=1S/C11H11NO/c12-7-2-4-9-3-1-5-11-10(9)6-8-13-11/h1,3,5H,2,4,6,8H2. The maximum Gasteiger partial charge on any atom is 0.122 e. The Morgan fingerprint density at radius 1 is 1.46 bits per heavy atom. The fraction of sp³-hybridized carbons (Fsp3) is 0.364. The van der Waals surface area contributed by atoms with E-state index in [0.29, 0.717) is 6.42 Å². The van der Waals surface area contributed by atoms with Gasteiger partial charge in [-0.15, -0.1) is 0 Å². The third-order valence-corrected chi connectivity index (χ3v) is 2.35. The summed E-state index contributed by atoms with van der Waals surface area (Å²) in [5, 5.41) is 8.49. The van der Waals surface area contributed by atoms with Crippen LogP contribution in [0.3, 0.4) is 0 Å². The van der Waals surface area contributed by atoms with Gasteiger partial charge in [0.2, 0.25) is 0 Å². The molecule has 0 aromatic heterocycles. The quantitative estimate of drug-likeness (QED) is 0.686. The Bertz CT molecular complexity index is 352. The summed E-state index contributed by atoms with van der Waals surface area (Å²) in [7, 11) is 0. The molecule has 2 rings (SSSR count). The first-order chi connectivity index (χ1) is 6.42. The Morgan fingerprint density at radius 2 is 2.38 bits per heavy atom. The summed E-state index contributed by atoms with van der Waals surface area (Å²) >= 11 is 0. The minimum absolute atomic E-state index is 0.594. The van der Waals surface area contributed by atoms with E-state index in [-0.39, 0.29) is 0 Å². The van der Waals surface area contributed by atoms with Gasteiger partial charge in [-0.1, -0.05) is 12.1 Å². The van der Waals surface area contributed by atoms with Gasteiger partial charge >= 0.3 is 0 Å². The lowest BCUT2D eigenvalue weighted by atomic mass is 10.0. The highest BCUT2D eigenvalue weighted by molar-refractivity contribution is 5.42. The molecule has 0 amide bonds. The molecule has 1 aliphatic heterocycles. The number of hydrogen-bond acceptors (Lipinski definition) is 2. The molecule has 1 aromatic carbocycles. The third kappa shape index (κ3) is 1.50. The zero-order valence-electron chi connectivity index (χ0n) is 7.42. The summed E-state index contributed by atoms with van der Waals surface area (Å²) in [6.45, 7) is 0.791. The van der Waals surface area contributed by atoms with Crippen LogP contribution in [0.25, 0.3) is 0 Å². The van der Waals surface area contributed by atoms with E-state index in [9.17, 15) is 0 Å². The van der Waals surface area contributed by atoms with Crippen LogP contribution in [0.4, 0.5) is 0 Å². The van der Waals surface area contributed by atoms with Crippen LogP contribution in [0.1, 0.15) is 17.5 Å². The summed E-state index contributed by atoms with van der Waals surface area (Å²) in [6.07, 6.45) is 2.44. The molecular weight excluding hydrogens is 162 g/mol. The predicted molar refractivity (Wildman–Crippen MR) is 49.6 cm³/mol. The van der Waals surface area contributed by atoms with Crippen LogP contribution < -0.4 is 4.74 Å². The first-order valence-corrected chi connectivity index (χ1v) is 4.52. The largest absolute Gasteiger partial charge is 0.493 e. The Balaban J connectivity index is 2.26. The molecule has 0 fully saturated rings. The van der Waals surface area contributed by atoms with Gasteiger partial charge in [-0.25, -0.2) is 0 Å². The molecule has 0 saturated heterocycles.